The Morgan fingerprint density at radius 2 is 2.25 bits per heavy atom. The highest BCUT2D eigenvalue weighted by Crippen LogP contribution is 2.15. The van der Waals surface area contributed by atoms with Crippen LogP contribution in [0.5, 0.6) is 0 Å². The summed E-state index contributed by atoms with van der Waals surface area (Å²) < 4.78 is 40.5. The molecular weight excluding hydrogens is 223 g/mol. The number of imidazole rings is 1. The lowest BCUT2D eigenvalue weighted by Gasteiger charge is -2.10. The Bertz CT molecular complexity index is 311. The fourth-order valence-corrected chi connectivity index (χ4v) is 1.21. The van der Waals surface area contributed by atoms with Crippen molar-refractivity contribution in [2.24, 2.45) is 0 Å². The largest absolute Gasteiger partial charge is 0.522 e. The monoisotopic (exact) mass is 237 g/mol. The first-order chi connectivity index (χ1) is 7.53. The van der Waals surface area contributed by atoms with E-state index in [9.17, 15) is 13.2 Å². The first kappa shape index (κ1) is 13.0. The molecule has 1 aromatic heterocycles. The van der Waals surface area contributed by atoms with Crippen molar-refractivity contribution < 1.29 is 17.9 Å². The third-order valence-corrected chi connectivity index (χ3v) is 1.93. The molecule has 0 spiro atoms. The quantitative estimate of drug-likeness (QED) is 0.815. The molecule has 7 heteroatoms. The molecule has 1 aromatic rings. The van der Waals surface area contributed by atoms with Crippen molar-refractivity contribution in [2.75, 3.05) is 13.2 Å². The van der Waals surface area contributed by atoms with E-state index in [2.05, 4.69) is 15.0 Å². The van der Waals surface area contributed by atoms with Crippen molar-refractivity contribution in [1.29, 1.82) is 0 Å². The molecule has 1 N–H and O–H groups in total. The van der Waals surface area contributed by atoms with Crippen LogP contribution >= 0.6 is 0 Å². The molecule has 0 aliphatic heterocycles. The number of hydrogen-bond acceptors (Lipinski definition) is 3. The minimum Gasteiger partial charge on any atom is -0.332 e. The topological polar surface area (TPSA) is 39.1 Å². The number of rotatable bonds is 6. The lowest BCUT2D eigenvalue weighted by atomic mass is 10.5. The lowest BCUT2D eigenvalue weighted by molar-refractivity contribution is -0.325. The molecule has 16 heavy (non-hydrogen) atoms. The highest BCUT2D eigenvalue weighted by molar-refractivity contribution is 4.91. The summed E-state index contributed by atoms with van der Waals surface area (Å²) in [6, 6.07) is 0. The van der Waals surface area contributed by atoms with Crippen LogP contribution < -0.4 is 5.32 Å². The molecular formula is C9H14F3N3O. The van der Waals surface area contributed by atoms with Gasteiger partial charge in [0, 0.05) is 18.9 Å². The Balaban J connectivity index is 2.38. The molecule has 1 rings (SSSR count). The standard InChI is InChI=1S/C9H14F3N3O/c1-2-13-7-8-14-3-4-15(8)5-6-16-9(10,11)12/h3-4,13H,2,5-7H2,1H3. The maximum absolute atomic E-state index is 11.7. The SMILES string of the molecule is CCNCc1nccn1CCOC(F)(F)F. The van der Waals surface area contributed by atoms with Gasteiger partial charge in [0.25, 0.3) is 0 Å². The number of hydrogen-bond donors (Lipinski definition) is 1. The molecule has 0 aliphatic carbocycles. The Morgan fingerprint density at radius 1 is 1.50 bits per heavy atom. The van der Waals surface area contributed by atoms with Gasteiger partial charge in [-0.15, -0.1) is 13.2 Å². The number of aromatic nitrogens is 2. The van der Waals surface area contributed by atoms with Gasteiger partial charge < -0.3 is 9.88 Å². The van der Waals surface area contributed by atoms with E-state index in [1.807, 2.05) is 6.92 Å². The second-order valence-electron chi connectivity index (χ2n) is 3.11. The van der Waals surface area contributed by atoms with Gasteiger partial charge in [-0.3, -0.25) is 4.74 Å². The average molecular weight is 237 g/mol. The van der Waals surface area contributed by atoms with Gasteiger partial charge >= 0.3 is 6.36 Å². The van der Waals surface area contributed by atoms with Gasteiger partial charge in [0.1, 0.15) is 5.82 Å². The molecule has 0 radical (unpaired) electrons. The van der Waals surface area contributed by atoms with Gasteiger partial charge in [0.05, 0.1) is 13.2 Å². The van der Waals surface area contributed by atoms with Crippen LogP contribution in [0.1, 0.15) is 12.7 Å². The maximum atomic E-state index is 11.7. The van der Waals surface area contributed by atoms with Gasteiger partial charge in [0.15, 0.2) is 0 Å². The highest BCUT2D eigenvalue weighted by Gasteiger charge is 2.28. The van der Waals surface area contributed by atoms with Crippen LogP contribution in [-0.4, -0.2) is 29.1 Å². The van der Waals surface area contributed by atoms with E-state index in [0.29, 0.717) is 12.4 Å². The molecule has 0 saturated heterocycles. The second-order valence-corrected chi connectivity index (χ2v) is 3.11. The van der Waals surface area contributed by atoms with E-state index in [0.717, 1.165) is 6.54 Å². The van der Waals surface area contributed by atoms with Crippen LogP contribution in [-0.2, 0) is 17.8 Å². The van der Waals surface area contributed by atoms with E-state index < -0.39 is 13.0 Å². The Morgan fingerprint density at radius 3 is 2.88 bits per heavy atom. The molecule has 0 amide bonds. The van der Waals surface area contributed by atoms with Crippen molar-refractivity contribution in [1.82, 2.24) is 14.9 Å². The molecule has 0 fully saturated rings. The van der Waals surface area contributed by atoms with Gasteiger partial charge in [-0.2, -0.15) is 0 Å². The lowest BCUT2D eigenvalue weighted by Crippen LogP contribution is -2.20. The normalized spacial score (nSPS) is 12.0. The van der Waals surface area contributed by atoms with Gasteiger partial charge in [-0.25, -0.2) is 4.98 Å². The van der Waals surface area contributed by atoms with E-state index in [-0.39, 0.29) is 6.54 Å². The minimum atomic E-state index is -4.57. The summed E-state index contributed by atoms with van der Waals surface area (Å²) in [7, 11) is 0. The fraction of sp³-hybridized carbons (Fsp3) is 0.667. The fourth-order valence-electron chi connectivity index (χ4n) is 1.21. The smallest absolute Gasteiger partial charge is 0.332 e. The van der Waals surface area contributed by atoms with Gasteiger partial charge in [0.2, 0.25) is 0 Å². The molecule has 0 bridgehead atoms. The molecule has 0 aliphatic rings. The second kappa shape index (κ2) is 5.86. The highest BCUT2D eigenvalue weighted by atomic mass is 19.4. The predicted octanol–water partition coefficient (Wildman–Crippen LogP) is 1.53. The summed E-state index contributed by atoms with van der Waals surface area (Å²) >= 11 is 0. The van der Waals surface area contributed by atoms with Crippen LogP contribution in [0.4, 0.5) is 13.2 Å². The van der Waals surface area contributed by atoms with Crippen LogP contribution in [0.3, 0.4) is 0 Å². The average Bonchev–Trinajstić information content (AvgIpc) is 2.60. The summed E-state index contributed by atoms with van der Waals surface area (Å²) in [6.07, 6.45) is -1.38. The van der Waals surface area contributed by atoms with E-state index in [1.54, 1.807) is 17.0 Å². The van der Waals surface area contributed by atoms with Crippen molar-refractivity contribution >= 4 is 0 Å². The first-order valence-corrected chi connectivity index (χ1v) is 4.94. The van der Waals surface area contributed by atoms with Crippen LogP contribution in [0, 0.1) is 0 Å². The number of ether oxygens (including phenoxy) is 1. The predicted molar refractivity (Wildman–Crippen MR) is 51.6 cm³/mol. The molecule has 4 nitrogen and oxygen atoms in total. The molecule has 0 saturated carbocycles. The van der Waals surface area contributed by atoms with E-state index in [4.69, 9.17) is 0 Å². The molecule has 0 atom stereocenters. The van der Waals surface area contributed by atoms with Crippen molar-refractivity contribution in [3.63, 3.8) is 0 Å². The zero-order valence-corrected chi connectivity index (χ0v) is 8.92. The maximum Gasteiger partial charge on any atom is 0.522 e. The third-order valence-electron chi connectivity index (χ3n) is 1.93. The minimum absolute atomic E-state index is 0.139. The summed E-state index contributed by atoms with van der Waals surface area (Å²) in [5, 5.41) is 3.05. The Labute approximate surface area is 91.4 Å². The molecule has 0 aromatic carbocycles. The Kier molecular flexibility index (Phi) is 4.75. The zero-order valence-electron chi connectivity index (χ0n) is 8.92. The van der Waals surface area contributed by atoms with Crippen LogP contribution in [0.2, 0.25) is 0 Å². The molecule has 92 valence electrons. The summed E-state index contributed by atoms with van der Waals surface area (Å²) in [5.41, 5.74) is 0. The molecule has 1 heterocycles. The number of nitrogens with one attached hydrogen (secondary N) is 1. The van der Waals surface area contributed by atoms with E-state index in [1.165, 1.54) is 0 Å². The first-order valence-electron chi connectivity index (χ1n) is 4.94. The van der Waals surface area contributed by atoms with Gasteiger partial charge in [-0.05, 0) is 6.54 Å². The number of nitrogens with zero attached hydrogens (tertiary/aromatic N) is 2. The number of alkyl halides is 3. The summed E-state index contributed by atoms with van der Waals surface area (Å²) in [4.78, 5) is 4.03. The summed E-state index contributed by atoms with van der Waals surface area (Å²) in [5.74, 6) is 0.702. The van der Waals surface area contributed by atoms with Crippen molar-refractivity contribution in [3.8, 4) is 0 Å². The van der Waals surface area contributed by atoms with Crippen LogP contribution in [0.15, 0.2) is 12.4 Å². The zero-order chi connectivity index (χ0) is 12.0. The summed E-state index contributed by atoms with van der Waals surface area (Å²) in [6.45, 7) is 3.00. The Hall–Kier alpha value is -1.08. The van der Waals surface area contributed by atoms with Crippen LogP contribution in [0.25, 0.3) is 0 Å². The van der Waals surface area contributed by atoms with Gasteiger partial charge in [-0.1, -0.05) is 6.92 Å². The van der Waals surface area contributed by atoms with E-state index >= 15 is 0 Å². The third kappa shape index (κ3) is 4.63. The van der Waals surface area contributed by atoms with Crippen molar-refractivity contribution in [3.05, 3.63) is 18.2 Å². The number of halogens is 3. The van der Waals surface area contributed by atoms with Crippen molar-refractivity contribution in [2.45, 2.75) is 26.4 Å². The molecule has 0 unspecified atom stereocenters.